The monoisotopic (exact) mass is 947 g/mol. The molecule has 0 unspecified atom stereocenters. The van der Waals surface area contributed by atoms with Gasteiger partial charge in [-0.05, 0) is 25.2 Å². The summed E-state index contributed by atoms with van der Waals surface area (Å²) < 4.78 is 16.9. The van der Waals surface area contributed by atoms with Crippen molar-refractivity contribution in [2.24, 2.45) is 5.92 Å². The smallest absolute Gasteiger partial charge is 0.306 e. The van der Waals surface area contributed by atoms with E-state index >= 15 is 0 Å². The fourth-order valence-corrected chi connectivity index (χ4v) is 9.46. The van der Waals surface area contributed by atoms with E-state index in [1.54, 1.807) is 0 Å². The molecule has 0 saturated carbocycles. The number of ether oxygens (including phenoxy) is 3. The van der Waals surface area contributed by atoms with E-state index in [1.807, 2.05) is 0 Å². The van der Waals surface area contributed by atoms with Crippen LogP contribution in [0.15, 0.2) is 0 Å². The lowest BCUT2D eigenvalue weighted by molar-refractivity contribution is -0.167. The summed E-state index contributed by atoms with van der Waals surface area (Å²) in [6.45, 7) is 9.08. The first-order valence-electron chi connectivity index (χ1n) is 30.4. The first-order chi connectivity index (χ1) is 32.9. The number of carbonyl (C=O) groups is 3. The highest BCUT2D eigenvalue weighted by atomic mass is 16.6. The molecule has 0 aromatic heterocycles. The molecule has 0 aliphatic carbocycles. The van der Waals surface area contributed by atoms with Gasteiger partial charge in [0.05, 0.1) is 0 Å². The summed E-state index contributed by atoms with van der Waals surface area (Å²) in [6.07, 6.45) is 60.9. The van der Waals surface area contributed by atoms with Gasteiger partial charge in [-0.2, -0.15) is 0 Å². The minimum Gasteiger partial charge on any atom is -0.462 e. The van der Waals surface area contributed by atoms with Crippen molar-refractivity contribution >= 4 is 17.9 Å². The fraction of sp³-hybridized carbons (Fsp3) is 0.951. The van der Waals surface area contributed by atoms with Crippen LogP contribution in [0.3, 0.4) is 0 Å². The Hall–Kier alpha value is -1.59. The van der Waals surface area contributed by atoms with Gasteiger partial charge in [-0.3, -0.25) is 14.4 Å². The maximum atomic E-state index is 12.9. The molecule has 1 atom stereocenters. The van der Waals surface area contributed by atoms with Crippen LogP contribution in [0.1, 0.15) is 349 Å². The minimum absolute atomic E-state index is 0.0615. The van der Waals surface area contributed by atoms with E-state index in [2.05, 4.69) is 27.7 Å². The normalized spacial score (nSPS) is 12.0. The van der Waals surface area contributed by atoms with Crippen molar-refractivity contribution in [3.05, 3.63) is 0 Å². The maximum absolute atomic E-state index is 12.9. The Morgan fingerprint density at radius 1 is 0.284 bits per heavy atom. The molecular weight excluding hydrogens is 829 g/mol. The Labute approximate surface area is 418 Å². The van der Waals surface area contributed by atoms with E-state index in [0.717, 1.165) is 63.7 Å². The molecule has 0 bridgehead atoms. The van der Waals surface area contributed by atoms with E-state index in [9.17, 15) is 14.4 Å². The number of unbranched alkanes of at least 4 members (excludes halogenated alkanes) is 43. The van der Waals surface area contributed by atoms with Crippen LogP contribution in [0.2, 0.25) is 0 Å². The lowest BCUT2D eigenvalue weighted by Gasteiger charge is -2.18. The maximum Gasteiger partial charge on any atom is 0.306 e. The van der Waals surface area contributed by atoms with E-state index in [0.29, 0.717) is 19.3 Å². The van der Waals surface area contributed by atoms with E-state index in [4.69, 9.17) is 14.2 Å². The number of rotatable bonds is 56. The van der Waals surface area contributed by atoms with E-state index < -0.39 is 6.10 Å². The van der Waals surface area contributed by atoms with Gasteiger partial charge < -0.3 is 14.2 Å². The quantitative estimate of drug-likeness (QED) is 0.0343. The molecule has 0 heterocycles. The van der Waals surface area contributed by atoms with Gasteiger partial charge in [0.15, 0.2) is 6.10 Å². The van der Waals surface area contributed by atoms with Crippen LogP contribution in [-0.4, -0.2) is 37.2 Å². The molecule has 0 aromatic rings. The molecule has 398 valence electrons. The Balaban J connectivity index is 4.28. The minimum atomic E-state index is -0.762. The standard InChI is InChI=1S/C61H118O6/c1-5-7-9-11-13-15-17-19-21-22-23-24-30-34-38-42-46-50-54-61(64)67-58(55-65-59(62)52-48-44-40-36-32-28-20-18-16-14-12-10-8-6-2)56-66-60(63)53-49-45-41-37-33-29-26-25-27-31-35-39-43-47-51-57(3)4/h57-58H,5-56H2,1-4H3/t58-/m0/s1. The lowest BCUT2D eigenvalue weighted by atomic mass is 10.0. The van der Waals surface area contributed by atoms with Gasteiger partial charge in [0.1, 0.15) is 13.2 Å². The van der Waals surface area contributed by atoms with Gasteiger partial charge in [-0.1, -0.05) is 310 Å². The van der Waals surface area contributed by atoms with Gasteiger partial charge in [0.25, 0.3) is 0 Å². The highest BCUT2D eigenvalue weighted by Gasteiger charge is 2.19. The highest BCUT2D eigenvalue weighted by molar-refractivity contribution is 5.71. The van der Waals surface area contributed by atoms with E-state index in [-0.39, 0.29) is 31.1 Å². The van der Waals surface area contributed by atoms with Crippen molar-refractivity contribution in [2.75, 3.05) is 13.2 Å². The molecule has 0 aliphatic rings. The molecular formula is C61H118O6. The molecule has 0 radical (unpaired) electrons. The number of esters is 3. The molecule has 0 aromatic carbocycles. The molecule has 6 heteroatoms. The average molecular weight is 948 g/mol. The third-order valence-electron chi connectivity index (χ3n) is 14.0. The molecule has 0 aliphatic heterocycles. The second-order valence-corrected chi connectivity index (χ2v) is 21.5. The fourth-order valence-electron chi connectivity index (χ4n) is 9.46. The zero-order valence-corrected chi connectivity index (χ0v) is 45.9. The zero-order valence-electron chi connectivity index (χ0n) is 45.9. The van der Waals surface area contributed by atoms with E-state index in [1.165, 1.54) is 244 Å². The van der Waals surface area contributed by atoms with Crippen LogP contribution in [0, 0.1) is 5.92 Å². The summed E-state index contributed by atoms with van der Waals surface area (Å²) >= 11 is 0. The second-order valence-electron chi connectivity index (χ2n) is 21.5. The third-order valence-corrected chi connectivity index (χ3v) is 14.0. The van der Waals surface area contributed by atoms with Crippen molar-refractivity contribution in [3.8, 4) is 0 Å². The predicted octanol–water partition coefficient (Wildman–Crippen LogP) is 20.2. The molecule has 67 heavy (non-hydrogen) atoms. The van der Waals surface area contributed by atoms with Crippen LogP contribution in [0.5, 0.6) is 0 Å². The molecule has 0 N–H and O–H groups in total. The van der Waals surface area contributed by atoms with Gasteiger partial charge in [0.2, 0.25) is 0 Å². The number of hydrogen-bond donors (Lipinski definition) is 0. The number of carbonyl (C=O) groups excluding carboxylic acids is 3. The molecule has 0 saturated heterocycles. The van der Waals surface area contributed by atoms with Crippen LogP contribution in [0.4, 0.5) is 0 Å². The summed E-state index contributed by atoms with van der Waals surface area (Å²) in [5.74, 6) is 0.0137. The van der Waals surface area contributed by atoms with Gasteiger partial charge >= 0.3 is 17.9 Å². The molecule has 0 rings (SSSR count). The van der Waals surface area contributed by atoms with Crippen LogP contribution in [-0.2, 0) is 28.6 Å². The first-order valence-corrected chi connectivity index (χ1v) is 30.4. The molecule has 0 amide bonds. The van der Waals surface area contributed by atoms with Crippen LogP contribution < -0.4 is 0 Å². The van der Waals surface area contributed by atoms with Gasteiger partial charge in [-0.25, -0.2) is 0 Å². The summed E-state index contributed by atoms with van der Waals surface area (Å²) in [5.41, 5.74) is 0. The first kappa shape index (κ1) is 65.4. The molecule has 6 nitrogen and oxygen atoms in total. The van der Waals surface area contributed by atoms with Crippen molar-refractivity contribution in [1.29, 1.82) is 0 Å². The van der Waals surface area contributed by atoms with Crippen LogP contribution in [0.25, 0.3) is 0 Å². The summed E-state index contributed by atoms with van der Waals surface area (Å²) in [6, 6.07) is 0. The Morgan fingerprint density at radius 3 is 0.731 bits per heavy atom. The zero-order chi connectivity index (χ0) is 48.8. The topological polar surface area (TPSA) is 78.9 Å². The Morgan fingerprint density at radius 2 is 0.493 bits per heavy atom. The lowest BCUT2D eigenvalue weighted by Crippen LogP contribution is -2.30. The third kappa shape index (κ3) is 55.2. The van der Waals surface area contributed by atoms with Crippen molar-refractivity contribution in [3.63, 3.8) is 0 Å². The molecule has 0 spiro atoms. The van der Waals surface area contributed by atoms with Crippen molar-refractivity contribution in [1.82, 2.24) is 0 Å². The number of hydrogen-bond acceptors (Lipinski definition) is 6. The molecule has 0 fully saturated rings. The largest absolute Gasteiger partial charge is 0.462 e. The van der Waals surface area contributed by atoms with Crippen molar-refractivity contribution in [2.45, 2.75) is 355 Å². The SMILES string of the molecule is CCCCCCCCCCCCCCCCCCCCC(=O)O[C@@H](COC(=O)CCCCCCCCCCCCCCCC)COC(=O)CCCCCCCCCCCCCCCCC(C)C. The highest BCUT2D eigenvalue weighted by Crippen LogP contribution is 2.18. The Bertz CT molecular complexity index is 1010. The summed E-state index contributed by atoms with van der Waals surface area (Å²) in [4.78, 5) is 38.2. The second kappa shape index (κ2) is 55.3. The van der Waals surface area contributed by atoms with Gasteiger partial charge in [0, 0.05) is 19.3 Å². The Kier molecular flexibility index (Phi) is 54.0. The van der Waals surface area contributed by atoms with Gasteiger partial charge in [-0.15, -0.1) is 0 Å². The predicted molar refractivity (Wildman–Crippen MR) is 289 cm³/mol. The van der Waals surface area contributed by atoms with Crippen LogP contribution >= 0.6 is 0 Å². The average Bonchev–Trinajstić information content (AvgIpc) is 3.31. The summed E-state index contributed by atoms with van der Waals surface area (Å²) in [5, 5.41) is 0. The van der Waals surface area contributed by atoms with Crippen molar-refractivity contribution < 1.29 is 28.6 Å². The summed E-state index contributed by atoms with van der Waals surface area (Å²) in [7, 11) is 0.